The molecule has 1 aliphatic heterocycles. The first kappa shape index (κ1) is 14.9. The van der Waals surface area contributed by atoms with E-state index in [0.29, 0.717) is 5.75 Å². The van der Waals surface area contributed by atoms with Gasteiger partial charge in [0.2, 0.25) is 5.91 Å². The minimum atomic E-state index is -0.912. The Bertz CT molecular complexity index is 697. The van der Waals surface area contributed by atoms with Gasteiger partial charge in [0.05, 0.1) is 12.3 Å². The number of hydrogen-bond acceptors (Lipinski definition) is 5. The summed E-state index contributed by atoms with van der Waals surface area (Å²) in [5, 5.41) is 11.7. The van der Waals surface area contributed by atoms with Crippen LogP contribution in [0.4, 0.5) is 4.79 Å². The van der Waals surface area contributed by atoms with Gasteiger partial charge >= 0.3 is 0 Å². The molecule has 2 aromatic rings. The van der Waals surface area contributed by atoms with E-state index in [-0.39, 0.29) is 30.1 Å². The molecule has 1 fully saturated rings. The van der Waals surface area contributed by atoms with E-state index in [9.17, 15) is 14.7 Å². The first-order chi connectivity index (χ1) is 10.6. The molecule has 22 heavy (non-hydrogen) atoms. The summed E-state index contributed by atoms with van der Waals surface area (Å²) >= 11 is 0.957. The lowest BCUT2D eigenvalue weighted by Gasteiger charge is -2.18. The molecular weight excluding hydrogens is 302 g/mol. The highest BCUT2D eigenvalue weighted by atomic mass is 32.2. The number of carbonyl (C=O) groups is 2. The van der Waals surface area contributed by atoms with Gasteiger partial charge in [0.15, 0.2) is 0 Å². The minimum Gasteiger partial charge on any atom is -0.490 e. The van der Waals surface area contributed by atoms with Gasteiger partial charge in [-0.15, -0.1) is 0 Å². The third kappa shape index (κ3) is 3.08. The van der Waals surface area contributed by atoms with E-state index in [0.717, 1.165) is 27.4 Å². The maximum Gasteiger partial charge on any atom is 0.288 e. The van der Waals surface area contributed by atoms with Crippen LogP contribution in [0.5, 0.6) is 5.75 Å². The predicted octanol–water partition coefficient (Wildman–Crippen LogP) is 2.27. The number of aliphatic hydroxyl groups is 1. The first-order valence-corrected chi connectivity index (χ1v) is 7.89. The van der Waals surface area contributed by atoms with Crippen LogP contribution < -0.4 is 4.74 Å². The average molecular weight is 317 g/mol. The van der Waals surface area contributed by atoms with E-state index in [1.165, 1.54) is 0 Å². The summed E-state index contributed by atoms with van der Waals surface area (Å²) in [6, 6.07) is 13.5. The van der Waals surface area contributed by atoms with Gasteiger partial charge in [0.25, 0.3) is 5.24 Å². The normalized spacial score (nSPS) is 16.3. The molecule has 1 aliphatic rings. The van der Waals surface area contributed by atoms with Crippen LogP contribution in [-0.2, 0) is 4.79 Å². The van der Waals surface area contributed by atoms with E-state index in [2.05, 4.69) is 0 Å². The fraction of sp³-hybridized carbons (Fsp3) is 0.250. The number of thioether (sulfide) groups is 1. The molecule has 0 saturated carbocycles. The van der Waals surface area contributed by atoms with E-state index in [1.54, 1.807) is 0 Å². The van der Waals surface area contributed by atoms with Gasteiger partial charge in [-0.1, -0.05) is 48.2 Å². The number of hydrogen-bond donors (Lipinski definition) is 1. The number of ether oxygens (including phenoxy) is 1. The van der Waals surface area contributed by atoms with Crippen LogP contribution in [0.2, 0.25) is 0 Å². The summed E-state index contributed by atoms with van der Waals surface area (Å²) in [5.41, 5.74) is 0. The zero-order valence-electron chi connectivity index (χ0n) is 11.8. The van der Waals surface area contributed by atoms with Gasteiger partial charge in [-0.3, -0.25) is 14.5 Å². The van der Waals surface area contributed by atoms with Crippen LogP contribution in [0.1, 0.15) is 0 Å². The molecule has 0 radical (unpaired) electrons. The molecule has 0 aliphatic carbocycles. The van der Waals surface area contributed by atoms with E-state index in [1.807, 2.05) is 42.5 Å². The third-order valence-electron chi connectivity index (χ3n) is 3.41. The van der Waals surface area contributed by atoms with Crippen LogP contribution in [-0.4, -0.2) is 46.2 Å². The Balaban J connectivity index is 1.64. The van der Waals surface area contributed by atoms with Crippen LogP contribution in [0, 0.1) is 0 Å². The second-order valence-corrected chi connectivity index (χ2v) is 5.93. The van der Waals surface area contributed by atoms with Gasteiger partial charge < -0.3 is 9.84 Å². The maximum absolute atomic E-state index is 11.5. The zero-order chi connectivity index (χ0) is 15.5. The molecule has 5 nitrogen and oxygen atoms in total. The highest BCUT2D eigenvalue weighted by molar-refractivity contribution is 8.14. The standard InChI is InChI=1S/C16H15NO4S/c18-12(8-17-15(19)10-22-16(17)20)9-21-14-7-3-5-11-4-1-2-6-13(11)14/h1-7,12,18H,8-10H2/t12-/m1/s1. The number of rotatable bonds is 5. The minimum absolute atomic E-state index is 0.0235. The number of benzene rings is 2. The zero-order valence-corrected chi connectivity index (χ0v) is 12.6. The Labute approximate surface area is 131 Å². The Morgan fingerprint density at radius 3 is 2.73 bits per heavy atom. The number of fused-ring (bicyclic) bond motifs is 1. The van der Waals surface area contributed by atoms with Crippen LogP contribution >= 0.6 is 11.8 Å². The van der Waals surface area contributed by atoms with Crippen molar-refractivity contribution in [2.75, 3.05) is 18.9 Å². The van der Waals surface area contributed by atoms with Crippen LogP contribution in [0.3, 0.4) is 0 Å². The Morgan fingerprint density at radius 2 is 1.95 bits per heavy atom. The fourth-order valence-electron chi connectivity index (χ4n) is 2.33. The predicted molar refractivity (Wildman–Crippen MR) is 85.0 cm³/mol. The summed E-state index contributed by atoms with van der Waals surface area (Å²) in [7, 11) is 0. The summed E-state index contributed by atoms with van der Waals surface area (Å²) in [6.07, 6.45) is -0.912. The molecule has 0 aromatic heterocycles. The van der Waals surface area contributed by atoms with Crippen molar-refractivity contribution in [3.63, 3.8) is 0 Å². The summed E-state index contributed by atoms with van der Waals surface area (Å²) in [6.45, 7) is -0.00876. The summed E-state index contributed by atoms with van der Waals surface area (Å²) in [5.74, 6) is 0.556. The third-order valence-corrected chi connectivity index (χ3v) is 4.27. The monoisotopic (exact) mass is 317 g/mol. The van der Waals surface area contributed by atoms with Crippen LogP contribution in [0.15, 0.2) is 42.5 Å². The molecule has 0 bridgehead atoms. The highest BCUT2D eigenvalue weighted by Crippen LogP contribution is 2.25. The molecule has 1 saturated heterocycles. The topological polar surface area (TPSA) is 66.8 Å². The largest absolute Gasteiger partial charge is 0.490 e. The van der Waals surface area contributed by atoms with Crippen molar-refractivity contribution in [1.82, 2.24) is 4.90 Å². The van der Waals surface area contributed by atoms with E-state index < -0.39 is 6.10 Å². The lowest BCUT2D eigenvalue weighted by molar-refractivity contribution is -0.125. The molecule has 1 atom stereocenters. The molecule has 2 aromatic carbocycles. The van der Waals surface area contributed by atoms with Gasteiger partial charge in [0.1, 0.15) is 18.5 Å². The second kappa shape index (κ2) is 6.37. The van der Waals surface area contributed by atoms with Gasteiger partial charge in [0, 0.05) is 5.39 Å². The molecule has 1 N–H and O–H groups in total. The molecule has 114 valence electrons. The summed E-state index contributed by atoms with van der Waals surface area (Å²) in [4.78, 5) is 24.1. The lowest BCUT2D eigenvalue weighted by Crippen LogP contribution is -2.38. The van der Waals surface area contributed by atoms with Gasteiger partial charge in [-0.05, 0) is 11.5 Å². The number of β-amino-alcohol motifs (C(OH)–C–C–N with tert-alkyl or cyclic N) is 1. The number of carbonyl (C=O) groups excluding carboxylic acids is 2. The van der Waals surface area contributed by atoms with Crippen molar-refractivity contribution < 1.29 is 19.4 Å². The molecule has 0 unspecified atom stereocenters. The number of nitrogens with zero attached hydrogens (tertiary/aromatic N) is 1. The van der Waals surface area contributed by atoms with Crippen molar-refractivity contribution in [1.29, 1.82) is 0 Å². The van der Waals surface area contributed by atoms with Crippen molar-refractivity contribution in [3.8, 4) is 5.75 Å². The fourth-order valence-corrected chi connectivity index (χ4v) is 3.06. The van der Waals surface area contributed by atoms with E-state index >= 15 is 0 Å². The average Bonchev–Trinajstić information content (AvgIpc) is 2.85. The van der Waals surface area contributed by atoms with Crippen molar-refractivity contribution >= 4 is 33.7 Å². The van der Waals surface area contributed by atoms with Crippen molar-refractivity contribution in [3.05, 3.63) is 42.5 Å². The Morgan fingerprint density at radius 1 is 1.18 bits per heavy atom. The number of amides is 2. The first-order valence-electron chi connectivity index (χ1n) is 6.91. The molecule has 3 rings (SSSR count). The lowest BCUT2D eigenvalue weighted by atomic mass is 10.1. The van der Waals surface area contributed by atoms with E-state index in [4.69, 9.17) is 4.74 Å². The molecule has 2 amide bonds. The van der Waals surface area contributed by atoms with Gasteiger partial charge in [-0.2, -0.15) is 0 Å². The number of imide groups is 1. The molecule has 0 spiro atoms. The van der Waals surface area contributed by atoms with Gasteiger partial charge in [-0.25, -0.2) is 0 Å². The maximum atomic E-state index is 11.5. The number of aliphatic hydroxyl groups excluding tert-OH is 1. The Hall–Kier alpha value is -2.05. The smallest absolute Gasteiger partial charge is 0.288 e. The SMILES string of the molecule is O=C1CSC(=O)N1C[C@@H](O)COc1cccc2ccccc12. The molecular formula is C16H15NO4S. The molecule has 1 heterocycles. The van der Waals surface area contributed by atoms with Crippen molar-refractivity contribution in [2.45, 2.75) is 6.10 Å². The van der Waals surface area contributed by atoms with Crippen LogP contribution in [0.25, 0.3) is 10.8 Å². The highest BCUT2D eigenvalue weighted by Gasteiger charge is 2.31. The Kier molecular flexibility index (Phi) is 4.31. The quantitative estimate of drug-likeness (QED) is 0.916. The van der Waals surface area contributed by atoms with Crippen molar-refractivity contribution in [2.24, 2.45) is 0 Å². The summed E-state index contributed by atoms with van der Waals surface area (Å²) < 4.78 is 5.66. The second-order valence-electron chi connectivity index (χ2n) is 5.00. The molecule has 6 heteroatoms.